The fourth-order valence-electron chi connectivity index (χ4n) is 2.10. The molecule has 0 aliphatic carbocycles. The van der Waals surface area contributed by atoms with Gasteiger partial charge in [-0.2, -0.15) is 0 Å². The first kappa shape index (κ1) is 19.9. The number of hydrogen-bond acceptors (Lipinski definition) is 3. The molecule has 0 bridgehead atoms. The number of guanidine groups is 1. The topological polar surface area (TPSA) is 49.3 Å². The lowest BCUT2D eigenvalue weighted by Gasteiger charge is -2.10. The monoisotopic (exact) mass is 444 g/mol. The van der Waals surface area contributed by atoms with Gasteiger partial charge in [-0.1, -0.05) is 50.1 Å². The summed E-state index contributed by atoms with van der Waals surface area (Å²) in [6.45, 7) is 3.87. The first-order chi connectivity index (χ1) is 10.8. The lowest BCUT2D eigenvalue weighted by Crippen LogP contribution is -2.37. The Kier molecular flexibility index (Phi) is 9.86. The van der Waals surface area contributed by atoms with Crippen LogP contribution in [0.15, 0.2) is 40.7 Å². The summed E-state index contributed by atoms with van der Waals surface area (Å²) >= 11 is 1.67. The summed E-state index contributed by atoms with van der Waals surface area (Å²) in [7, 11) is 1.80. The van der Waals surface area contributed by atoms with E-state index < -0.39 is 0 Å². The van der Waals surface area contributed by atoms with Gasteiger partial charge in [-0.05, 0) is 6.42 Å². The molecule has 0 amide bonds. The van der Waals surface area contributed by atoms with E-state index in [1.807, 2.05) is 18.2 Å². The van der Waals surface area contributed by atoms with E-state index in [2.05, 4.69) is 45.0 Å². The van der Waals surface area contributed by atoms with Crippen LogP contribution >= 0.6 is 35.3 Å². The molecule has 23 heavy (non-hydrogen) atoms. The van der Waals surface area contributed by atoms with E-state index in [1.54, 1.807) is 18.4 Å². The molecular formula is C17H25IN4S. The van der Waals surface area contributed by atoms with Gasteiger partial charge in [-0.15, -0.1) is 35.3 Å². The van der Waals surface area contributed by atoms with Crippen molar-refractivity contribution in [2.75, 3.05) is 13.6 Å². The molecule has 0 saturated carbocycles. The molecule has 4 nitrogen and oxygen atoms in total. The van der Waals surface area contributed by atoms with E-state index in [0.29, 0.717) is 6.54 Å². The van der Waals surface area contributed by atoms with Crippen LogP contribution in [0.5, 0.6) is 0 Å². The van der Waals surface area contributed by atoms with E-state index in [0.717, 1.165) is 28.8 Å². The molecule has 2 rings (SSSR count). The summed E-state index contributed by atoms with van der Waals surface area (Å²) < 4.78 is 0. The molecule has 1 aromatic heterocycles. The van der Waals surface area contributed by atoms with E-state index in [9.17, 15) is 0 Å². The minimum Gasteiger partial charge on any atom is -0.356 e. The van der Waals surface area contributed by atoms with Crippen molar-refractivity contribution in [2.24, 2.45) is 4.99 Å². The number of halogens is 1. The third-order valence-electron chi connectivity index (χ3n) is 3.32. The van der Waals surface area contributed by atoms with Crippen LogP contribution in [0, 0.1) is 0 Å². The fraction of sp³-hybridized carbons (Fsp3) is 0.412. The number of hydrogen-bond donors (Lipinski definition) is 2. The molecule has 6 heteroatoms. The predicted molar refractivity (Wildman–Crippen MR) is 111 cm³/mol. The van der Waals surface area contributed by atoms with Crippen molar-refractivity contribution in [3.05, 3.63) is 40.7 Å². The van der Waals surface area contributed by atoms with E-state index in [1.165, 1.54) is 19.3 Å². The zero-order chi connectivity index (χ0) is 15.6. The van der Waals surface area contributed by atoms with Gasteiger partial charge < -0.3 is 10.6 Å². The molecule has 1 heterocycles. The number of rotatable bonds is 7. The van der Waals surface area contributed by atoms with Crippen LogP contribution in [0.3, 0.4) is 0 Å². The van der Waals surface area contributed by atoms with Crippen LogP contribution in [0.2, 0.25) is 0 Å². The Morgan fingerprint density at radius 2 is 1.96 bits per heavy atom. The Labute approximate surface area is 159 Å². The third-order valence-corrected chi connectivity index (χ3v) is 4.17. The van der Waals surface area contributed by atoms with Crippen LogP contribution in [0.25, 0.3) is 11.3 Å². The smallest absolute Gasteiger partial charge is 0.191 e. The highest BCUT2D eigenvalue weighted by Crippen LogP contribution is 2.21. The zero-order valence-electron chi connectivity index (χ0n) is 13.7. The standard InChI is InChI=1S/C17H24N4S.HI/c1-3-4-8-11-19-17(18-2)20-12-16-21-15(13-22-16)14-9-6-5-7-10-14;/h5-7,9-10,13H,3-4,8,11-12H2,1-2H3,(H2,18,19,20);1H. The van der Waals surface area contributed by atoms with Gasteiger partial charge in [0.25, 0.3) is 0 Å². The molecule has 0 unspecified atom stereocenters. The van der Waals surface area contributed by atoms with E-state index >= 15 is 0 Å². The van der Waals surface area contributed by atoms with Crippen molar-refractivity contribution in [1.82, 2.24) is 15.6 Å². The summed E-state index contributed by atoms with van der Waals surface area (Å²) in [4.78, 5) is 8.91. The van der Waals surface area contributed by atoms with Gasteiger partial charge in [0.05, 0.1) is 12.2 Å². The Balaban J connectivity index is 0.00000264. The fourth-order valence-corrected chi connectivity index (χ4v) is 2.84. The van der Waals surface area contributed by atoms with Gasteiger partial charge in [-0.25, -0.2) is 4.98 Å². The van der Waals surface area contributed by atoms with Crippen LogP contribution < -0.4 is 10.6 Å². The molecule has 2 N–H and O–H groups in total. The number of nitrogens with zero attached hydrogens (tertiary/aromatic N) is 2. The number of nitrogens with one attached hydrogen (secondary N) is 2. The molecule has 0 radical (unpaired) electrons. The van der Waals surface area contributed by atoms with E-state index in [-0.39, 0.29) is 24.0 Å². The van der Waals surface area contributed by atoms with Crippen molar-refractivity contribution < 1.29 is 0 Å². The summed E-state index contributed by atoms with van der Waals surface area (Å²) in [5, 5.41) is 9.81. The summed E-state index contributed by atoms with van der Waals surface area (Å²) in [6, 6.07) is 10.3. The Hall–Kier alpha value is -1.15. The van der Waals surface area contributed by atoms with Gasteiger partial charge >= 0.3 is 0 Å². The Morgan fingerprint density at radius 3 is 2.65 bits per heavy atom. The molecule has 0 aliphatic rings. The maximum Gasteiger partial charge on any atom is 0.191 e. The lowest BCUT2D eigenvalue weighted by molar-refractivity contribution is 0.682. The molecule has 0 aliphatic heterocycles. The first-order valence-corrected chi connectivity index (χ1v) is 8.65. The summed E-state index contributed by atoms with van der Waals surface area (Å²) in [5.74, 6) is 0.840. The van der Waals surface area contributed by atoms with Crippen LogP contribution in [0.4, 0.5) is 0 Å². The van der Waals surface area contributed by atoms with Gasteiger partial charge in [0.15, 0.2) is 5.96 Å². The highest BCUT2D eigenvalue weighted by Gasteiger charge is 2.05. The summed E-state index contributed by atoms with van der Waals surface area (Å²) in [5.41, 5.74) is 2.19. The average Bonchev–Trinajstić information content (AvgIpc) is 3.04. The van der Waals surface area contributed by atoms with E-state index in [4.69, 9.17) is 0 Å². The lowest BCUT2D eigenvalue weighted by atomic mass is 10.2. The maximum absolute atomic E-state index is 4.67. The first-order valence-electron chi connectivity index (χ1n) is 7.77. The minimum absolute atomic E-state index is 0. The van der Waals surface area contributed by atoms with Crippen LogP contribution in [0.1, 0.15) is 31.2 Å². The number of thiazole rings is 1. The van der Waals surface area contributed by atoms with Crippen molar-refractivity contribution >= 4 is 41.3 Å². The largest absolute Gasteiger partial charge is 0.356 e. The quantitative estimate of drug-likeness (QED) is 0.290. The number of unbranched alkanes of at least 4 members (excludes halogenated alkanes) is 2. The van der Waals surface area contributed by atoms with Gasteiger partial charge in [0.2, 0.25) is 0 Å². The molecule has 1 aromatic carbocycles. The van der Waals surface area contributed by atoms with Crippen molar-refractivity contribution in [2.45, 2.75) is 32.7 Å². The SMILES string of the molecule is CCCCCNC(=NC)NCc1nc(-c2ccccc2)cs1.I. The van der Waals surface area contributed by atoms with Crippen molar-refractivity contribution in [3.63, 3.8) is 0 Å². The molecule has 126 valence electrons. The minimum atomic E-state index is 0. The second-order valence-corrected chi connectivity index (χ2v) is 5.99. The Morgan fingerprint density at radius 1 is 1.17 bits per heavy atom. The highest BCUT2D eigenvalue weighted by molar-refractivity contribution is 14.0. The zero-order valence-corrected chi connectivity index (χ0v) is 16.9. The van der Waals surface area contributed by atoms with Gasteiger partial charge in [0, 0.05) is 24.5 Å². The van der Waals surface area contributed by atoms with Crippen molar-refractivity contribution in [3.8, 4) is 11.3 Å². The van der Waals surface area contributed by atoms with Crippen LogP contribution in [-0.2, 0) is 6.54 Å². The molecule has 0 saturated heterocycles. The van der Waals surface area contributed by atoms with Gasteiger partial charge in [0.1, 0.15) is 5.01 Å². The number of benzene rings is 1. The maximum atomic E-state index is 4.67. The second kappa shape index (κ2) is 11.4. The normalized spacial score (nSPS) is 11.0. The molecular weight excluding hydrogens is 419 g/mol. The molecule has 0 atom stereocenters. The second-order valence-electron chi connectivity index (χ2n) is 5.05. The molecule has 0 spiro atoms. The molecule has 0 fully saturated rings. The highest BCUT2D eigenvalue weighted by atomic mass is 127. The molecule has 2 aromatic rings. The Bertz CT molecular complexity index is 583. The number of aromatic nitrogens is 1. The average molecular weight is 444 g/mol. The summed E-state index contributed by atoms with van der Waals surface area (Å²) in [6.07, 6.45) is 3.65. The predicted octanol–water partition coefficient (Wildman–Crippen LogP) is 4.28. The third kappa shape index (κ3) is 6.87. The van der Waals surface area contributed by atoms with Crippen molar-refractivity contribution in [1.29, 1.82) is 0 Å². The van der Waals surface area contributed by atoms with Gasteiger partial charge in [-0.3, -0.25) is 4.99 Å². The number of aliphatic imine (C=N–C) groups is 1. The van der Waals surface area contributed by atoms with Crippen LogP contribution in [-0.4, -0.2) is 24.5 Å².